The molecule has 0 saturated heterocycles. The van der Waals surface area contributed by atoms with Crippen molar-refractivity contribution in [2.75, 3.05) is 0 Å². The smallest absolute Gasteiger partial charge is 0.165 e. The Kier molecular flexibility index (Phi) is 6.05. The molecule has 0 unspecified atom stereocenters. The third-order valence-electron chi connectivity index (χ3n) is 9.86. The van der Waals surface area contributed by atoms with Gasteiger partial charge in [-0.25, -0.2) is 15.0 Å². The molecule has 0 aliphatic rings. The molecule has 0 bridgehead atoms. The highest BCUT2D eigenvalue weighted by molar-refractivity contribution is 7.26. The van der Waals surface area contributed by atoms with E-state index in [-0.39, 0.29) is 0 Å². The first kappa shape index (κ1) is 28.2. The van der Waals surface area contributed by atoms with E-state index in [4.69, 9.17) is 19.4 Å². The van der Waals surface area contributed by atoms with E-state index in [0.29, 0.717) is 17.5 Å². The molecule has 5 nitrogen and oxygen atoms in total. The Morgan fingerprint density at radius 2 is 1.08 bits per heavy atom. The van der Waals surface area contributed by atoms with Crippen molar-refractivity contribution in [3.05, 3.63) is 158 Å². The molecular weight excluding hydrogens is 645 g/mol. The molecule has 0 fully saturated rings. The maximum absolute atomic E-state index is 6.43. The van der Waals surface area contributed by atoms with Crippen LogP contribution in [0, 0.1) is 0 Å². The van der Waals surface area contributed by atoms with Gasteiger partial charge in [0.15, 0.2) is 17.5 Å². The van der Waals surface area contributed by atoms with E-state index in [1.165, 1.54) is 26.2 Å². The lowest BCUT2D eigenvalue weighted by Crippen LogP contribution is -2.01. The average molecular weight is 671 g/mol. The molecule has 11 aromatic rings. The first-order valence-electron chi connectivity index (χ1n) is 17.0. The van der Waals surface area contributed by atoms with Crippen LogP contribution in [-0.2, 0) is 0 Å². The summed E-state index contributed by atoms with van der Waals surface area (Å²) >= 11 is 1.78. The molecule has 51 heavy (non-hydrogen) atoms. The zero-order valence-corrected chi connectivity index (χ0v) is 27.9. The van der Waals surface area contributed by atoms with Gasteiger partial charge in [-0.3, -0.25) is 0 Å². The summed E-state index contributed by atoms with van der Waals surface area (Å²) in [5, 5.41) is 6.99. The standard InChI is InChI=1S/C45H26N4OS/c1-3-13-27(14-4-1)43-46-44(28-15-5-2-6-16-28)48-45(47-43)33-23-25-35(39-32-19-9-12-22-38(32)51-42(33)39)49-34-20-10-7-17-29(34)30-24-26-37-40(41(30)49)31-18-8-11-21-36(31)50-37/h1-26H. The number of hydrogen-bond donors (Lipinski definition) is 0. The lowest BCUT2D eigenvalue weighted by atomic mass is 10.0. The Hall–Kier alpha value is -6.63. The number of furan rings is 1. The van der Waals surface area contributed by atoms with Gasteiger partial charge in [-0.15, -0.1) is 11.3 Å². The highest BCUT2D eigenvalue weighted by Gasteiger charge is 2.23. The summed E-state index contributed by atoms with van der Waals surface area (Å²) in [7, 11) is 0. The maximum Gasteiger partial charge on any atom is 0.165 e. The highest BCUT2D eigenvalue weighted by Crippen LogP contribution is 2.46. The maximum atomic E-state index is 6.43. The minimum absolute atomic E-state index is 0.648. The second kappa shape index (κ2) is 10.9. The molecule has 0 saturated carbocycles. The van der Waals surface area contributed by atoms with E-state index in [1.54, 1.807) is 11.3 Å². The van der Waals surface area contributed by atoms with Crippen LogP contribution in [0.25, 0.3) is 104 Å². The molecule has 0 aliphatic carbocycles. The van der Waals surface area contributed by atoms with Crippen molar-refractivity contribution in [2.45, 2.75) is 0 Å². The van der Waals surface area contributed by atoms with E-state index in [9.17, 15) is 0 Å². The van der Waals surface area contributed by atoms with Crippen molar-refractivity contribution in [1.29, 1.82) is 0 Å². The first-order valence-corrected chi connectivity index (χ1v) is 17.8. The SMILES string of the molecule is c1ccc(-c2nc(-c3ccccc3)nc(-c3ccc(-n4c5ccccc5c5ccc6oc7ccccc7c6c54)c4c3sc3ccccc34)n2)cc1. The molecule has 0 radical (unpaired) electrons. The fourth-order valence-corrected chi connectivity index (χ4v) is 8.85. The molecule has 0 aliphatic heterocycles. The number of fused-ring (bicyclic) bond motifs is 10. The number of aromatic nitrogens is 4. The molecule has 11 rings (SSSR count). The molecule has 4 aromatic heterocycles. The topological polar surface area (TPSA) is 56.7 Å². The third kappa shape index (κ3) is 4.24. The Morgan fingerprint density at radius 3 is 1.84 bits per heavy atom. The van der Waals surface area contributed by atoms with E-state index >= 15 is 0 Å². The van der Waals surface area contributed by atoms with Gasteiger partial charge in [-0.05, 0) is 42.5 Å². The molecule has 0 atom stereocenters. The van der Waals surface area contributed by atoms with Gasteiger partial charge >= 0.3 is 0 Å². The summed E-state index contributed by atoms with van der Waals surface area (Å²) in [6.07, 6.45) is 0. The first-order chi connectivity index (χ1) is 25.3. The van der Waals surface area contributed by atoms with E-state index < -0.39 is 0 Å². The van der Waals surface area contributed by atoms with Gasteiger partial charge in [0.2, 0.25) is 0 Å². The van der Waals surface area contributed by atoms with Crippen LogP contribution in [0.5, 0.6) is 0 Å². The van der Waals surface area contributed by atoms with E-state index in [0.717, 1.165) is 60.0 Å². The number of para-hydroxylation sites is 2. The fourth-order valence-electron chi connectivity index (χ4n) is 7.62. The zero-order valence-electron chi connectivity index (χ0n) is 27.1. The van der Waals surface area contributed by atoms with Crippen LogP contribution in [-0.4, -0.2) is 19.5 Å². The van der Waals surface area contributed by atoms with Crippen LogP contribution >= 0.6 is 11.3 Å². The fraction of sp³-hybridized carbons (Fsp3) is 0. The van der Waals surface area contributed by atoms with Crippen molar-refractivity contribution in [1.82, 2.24) is 19.5 Å². The molecule has 0 amide bonds. The van der Waals surface area contributed by atoms with Crippen LogP contribution in [0.2, 0.25) is 0 Å². The summed E-state index contributed by atoms with van der Waals surface area (Å²) in [6.45, 7) is 0. The number of rotatable bonds is 4. The van der Waals surface area contributed by atoms with Gasteiger partial charge < -0.3 is 8.98 Å². The largest absolute Gasteiger partial charge is 0.456 e. The minimum Gasteiger partial charge on any atom is -0.456 e. The van der Waals surface area contributed by atoms with Crippen molar-refractivity contribution in [2.24, 2.45) is 0 Å². The Morgan fingerprint density at radius 1 is 0.451 bits per heavy atom. The van der Waals surface area contributed by atoms with Crippen LogP contribution in [0.1, 0.15) is 0 Å². The number of hydrogen-bond acceptors (Lipinski definition) is 5. The Labute approximate surface area is 295 Å². The molecule has 4 heterocycles. The zero-order chi connectivity index (χ0) is 33.5. The van der Waals surface area contributed by atoms with Gasteiger partial charge in [-0.2, -0.15) is 0 Å². The monoisotopic (exact) mass is 670 g/mol. The normalized spacial score (nSPS) is 11.9. The summed E-state index contributed by atoms with van der Waals surface area (Å²) in [5.74, 6) is 1.94. The second-order valence-electron chi connectivity index (χ2n) is 12.8. The molecule has 6 heteroatoms. The molecular formula is C45H26N4OS. The molecule has 238 valence electrons. The highest BCUT2D eigenvalue weighted by atomic mass is 32.1. The van der Waals surface area contributed by atoms with Gasteiger partial charge in [0.05, 0.1) is 22.1 Å². The third-order valence-corrected chi connectivity index (χ3v) is 11.1. The predicted octanol–water partition coefficient (Wildman–Crippen LogP) is 12.2. The van der Waals surface area contributed by atoms with Crippen LogP contribution in [0.3, 0.4) is 0 Å². The van der Waals surface area contributed by atoms with E-state index in [1.807, 2.05) is 42.5 Å². The minimum atomic E-state index is 0.648. The average Bonchev–Trinajstić information content (AvgIpc) is 3.88. The van der Waals surface area contributed by atoms with Crippen molar-refractivity contribution in [3.8, 4) is 39.9 Å². The summed E-state index contributed by atoms with van der Waals surface area (Å²) < 4.78 is 11.2. The Bertz CT molecular complexity index is 3080. The Balaban J connectivity index is 1.26. The molecule has 7 aromatic carbocycles. The van der Waals surface area contributed by atoms with Gasteiger partial charge in [-0.1, -0.05) is 115 Å². The van der Waals surface area contributed by atoms with Crippen molar-refractivity contribution < 1.29 is 4.42 Å². The predicted molar refractivity (Wildman–Crippen MR) is 211 cm³/mol. The molecule has 0 N–H and O–H groups in total. The second-order valence-corrected chi connectivity index (χ2v) is 13.8. The van der Waals surface area contributed by atoms with Crippen LogP contribution < -0.4 is 0 Å². The van der Waals surface area contributed by atoms with Crippen LogP contribution in [0.15, 0.2) is 162 Å². The number of benzene rings is 7. The number of nitrogens with zero attached hydrogens (tertiary/aromatic N) is 4. The molecule has 0 spiro atoms. The quantitative estimate of drug-likeness (QED) is 0.187. The number of thiophene rings is 1. The van der Waals surface area contributed by atoms with Crippen molar-refractivity contribution in [3.63, 3.8) is 0 Å². The lowest BCUT2D eigenvalue weighted by molar-refractivity contribution is 0.669. The summed E-state index contributed by atoms with van der Waals surface area (Å²) in [6, 6.07) is 54.8. The van der Waals surface area contributed by atoms with Gasteiger partial charge in [0.25, 0.3) is 0 Å². The lowest BCUT2D eigenvalue weighted by Gasteiger charge is -2.14. The van der Waals surface area contributed by atoms with Crippen LogP contribution in [0.4, 0.5) is 0 Å². The van der Waals surface area contributed by atoms with E-state index in [2.05, 4.69) is 120 Å². The van der Waals surface area contributed by atoms with Gasteiger partial charge in [0.1, 0.15) is 11.2 Å². The summed E-state index contributed by atoms with van der Waals surface area (Å²) in [4.78, 5) is 15.3. The van der Waals surface area contributed by atoms with Gasteiger partial charge in [0, 0.05) is 53.0 Å². The van der Waals surface area contributed by atoms with Crippen molar-refractivity contribution >= 4 is 75.3 Å². The summed E-state index contributed by atoms with van der Waals surface area (Å²) in [5.41, 5.74) is 8.03.